The Balaban J connectivity index is 0.00000204. The second-order valence-corrected chi connectivity index (χ2v) is 9.29. The van der Waals surface area contributed by atoms with Gasteiger partial charge in [-0.15, -0.1) is 23.7 Å². The number of anilines is 1. The molecule has 0 amide bonds. The van der Waals surface area contributed by atoms with Crippen LogP contribution in [0, 0.1) is 12.3 Å². The Kier molecular flexibility index (Phi) is 4.96. The van der Waals surface area contributed by atoms with E-state index in [0.29, 0.717) is 0 Å². The summed E-state index contributed by atoms with van der Waals surface area (Å²) in [5.74, 6) is 1.01. The lowest BCUT2D eigenvalue weighted by Gasteiger charge is -2.42. The zero-order chi connectivity index (χ0) is 20.3. The van der Waals surface area contributed by atoms with Gasteiger partial charge in [0, 0.05) is 37.2 Å². The van der Waals surface area contributed by atoms with E-state index in [1.165, 1.54) is 11.3 Å². The van der Waals surface area contributed by atoms with Crippen molar-refractivity contribution in [2.24, 2.45) is 11.1 Å². The second-order valence-electron chi connectivity index (χ2n) is 8.41. The predicted octanol–water partition coefficient (Wildman–Crippen LogP) is 3.82. The number of halogens is 1. The molecule has 2 N–H and O–H groups in total. The molecule has 2 aliphatic rings. The SMILES string of the molecule is Cc1nc(N2CCC3(CC2)Cc2ncccc2[C@H]3N)c2ccnn2c1-c1cncs1.Cl. The van der Waals surface area contributed by atoms with Crippen LogP contribution >= 0.6 is 23.7 Å². The highest BCUT2D eigenvalue weighted by Gasteiger charge is 2.46. The summed E-state index contributed by atoms with van der Waals surface area (Å²) in [4.78, 5) is 17.3. The zero-order valence-corrected chi connectivity index (χ0v) is 18.9. The Morgan fingerprint density at radius 2 is 2.03 bits per heavy atom. The van der Waals surface area contributed by atoms with Crippen molar-refractivity contribution >= 4 is 35.1 Å². The minimum atomic E-state index is 0. The molecule has 1 saturated heterocycles. The molecule has 0 saturated carbocycles. The molecule has 5 heterocycles. The van der Waals surface area contributed by atoms with Crippen LogP contribution in [0.2, 0.25) is 0 Å². The van der Waals surface area contributed by atoms with Gasteiger partial charge in [-0.1, -0.05) is 6.07 Å². The summed E-state index contributed by atoms with van der Waals surface area (Å²) in [5.41, 5.74) is 14.1. The maximum Gasteiger partial charge on any atom is 0.155 e. The second kappa shape index (κ2) is 7.55. The molecule has 4 aromatic heterocycles. The highest BCUT2D eigenvalue weighted by atomic mass is 35.5. The Morgan fingerprint density at radius 1 is 1.19 bits per heavy atom. The number of rotatable bonds is 2. The first-order chi connectivity index (χ1) is 14.7. The predicted molar refractivity (Wildman–Crippen MR) is 125 cm³/mol. The molecule has 1 aliphatic heterocycles. The largest absolute Gasteiger partial charge is 0.355 e. The minimum Gasteiger partial charge on any atom is -0.355 e. The highest BCUT2D eigenvalue weighted by molar-refractivity contribution is 7.13. The fourth-order valence-electron chi connectivity index (χ4n) is 5.23. The van der Waals surface area contributed by atoms with Gasteiger partial charge in [-0.2, -0.15) is 5.10 Å². The summed E-state index contributed by atoms with van der Waals surface area (Å²) < 4.78 is 2.01. The number of nitrogens with two attached hydrogens (primary N) is 1. The number of pyridine rings is 1. The fraction of sp³-hybridized carbons (Fsp3) is 0.364. The van der Waals surface area contributed by atoms with Gasteiger partial charge >= 0.3 is 0 Å². The third kappa shape index (κ3) is 3.04. The molecular weight excluding hydrogens is 430 g/mol. The molecule has 31 heavy (non-hydrogen) atoms. The van der Waals surface area contributed by atoms with Gasteiger partial charge in [0.1, 0.15) is 11.2 Å². The van der Waals surface area contributed by atoms with E-state index in [-0.39, 0.29) is 23.9 Å². The summed E-state index contributed by atoms with van der Waals surface area (Å²) >= 11 is 1.61. The van der Waals surface area contributed by atoms with E-state index in [4.69, 9.17) is 10.7 Å². The van der Waals surface area contributed by atoms with Crippen LogP contribution in [0.4, 0.5) is 5.82 Å². The maximum atomic E-state index is 6.72. The summed E-state index contributed by atoms with van der Waals surface area (Å²) in [5, 5.41) is 4.60. The molecule has 7 nitrogen and oxygen atoms in total. The topological polar surface area (TPSA) is 85.2 Å². The van der Waals surface area contributed by atoms with Crippen molar-refractivity contribution in [1.29, 1.82) is 0 Å². The van der Waals surface area contributed by atoms with Crippen molar-refractivity contribution in [3.05, 3.63) is 59.3 Å². The smallest absolute Gasteiger partial charge is 0.155 e. The molecular formula is C22H24ClN7S. The Hall–Kier alpha value is -2.55. The van der Waals surface area contributed by atoms with E-state index < -0.39 is 0 Å². The van der Waals surface area contributed by atoms with Crippen LogP contribution in [-0.4, -0.2) is 37.7 Å². The van der Waals surface area contributed by atoms with Crippen LogP contribution in [0.15, 0.2) is 42.3 Å². The molecule has 1 atom stereocenters. The average molecular weight is 454 g/mol. The van der Waals surface area contributed by atoms with Gasteiger partial charge in [0.2, 0.25) is 0 Å². The number of thiazole rings is 1. The van der Waals surface area contributed by atoms with E-state index >= 15 is 0 Å². The standard InChI is InChI=1S/C22H23N7S.ClH/c1-14-19(18-12-24-13-30-18)29-17(4-8-26-29)21(27-14)28-9-5-22(6-10-28)11-16-15(20(22)23)3-2-7-25-16;/h2-4,7-8,12-13,20H,5-6,9-11,23H2,1H3;1H/t20-;/m1./s1. The quantitative estimate of drug-likeness (QED) is 0.496. The van der Waals surface area contributed by atoms with Gasteiger partial charge in [-0.05, 0) is 49.3 Å². The van der Waals surface area contributed by atoms with Crippen LogP contribution in [0.5, 0.6) is 0 Å². The molecule has 0 unspecified atom stereocenters. The van der Waals surface area contributed by atoms with Gasteiger partial charge in [0.05, 0.1) is 22.3 Å². The number of nitrogens with zero attached hydrogens (tertiary/aromatic N) is 6. The first kappa shape index (κ1) is 20.4. The Labute approximate surface area is 190 Å². The average Bonchev–Trinajstić information content (AvgIpc) is 3.50. The number of fused-ring (bicyclic) bond motifs is 2. The maximum absolute atomic E-state index is 6.72. The normalized spacial score (nSPS) is 19.5. The van der Waals surface area contributed by atoms with Crippen LogP contribution in [-0.2, 0) is 6.42 Å². The first-order valence-corrected chi connectivity index (χ1v) is 11.2. The van der Waals surface area contributed by atoms with E-state index in [0.717, 1.165) is 60.0 Å². The van der Waals surface area contributed by atoms with Gasteiger partial charge < -0.3 is 10.6 Å². The molecule has 6 rings (SSSR count). The Morgan fingerprint density at radius 3 is 2.77 bits per heavy atom. The lowest BCUT2D eigenvalue weighted by Crippen LogP contribution is -2.44. The summed E-state index contributed by atoms with van der Waals surface area (Å²) in [6.45, 7) is 3.93. The van der Waals surface area contributed by atoms with Crippen LogP contribution in [0.25, 0.3) is 16.1 Å². The molecule has 1 fully saturated rings. The molecule has 0 aromatic carbocycles. The summed E-state index contributed by atoms with van der Waals surface area (Å²) in [6.07, 6.45) is 8.69. The minimum absolute atomic E-state index is 0. The number of aryl methyl sites for hydroxylation is 1. The van der Waals surface area contributed by atoms with Gasteiger partial charge in [0.15, 0.2) is 5.82 Å². The fourth-order valence-corrected chi connectivity index (χ4v) is 5.93. The van der Waals surface area contributed by atoms with E-state index in [2.05, 4.69) is 39.0 Å². The summed E-state index contributed by atoms with van der Waals surface area (Å²) in [6, 6.07) is 6.27. The molecule has 1 spiro atoms. The molecule has 0 bridgehead atoms. The molecule has 1 aliphatic carbocycles. The van der Waals surface area contributed by atoms with Crippen molar-refractivity contribution in [3.8, 4) is 10.6 Å². The van der Waals surface area contributed by atoms with Crippen molar-refractivity contribution < 1.29 is 0 Å². The zero-order valence-electron chi connectivity index (χ0n) is 17.2. The number of hydrogen-bond acceptors (Lipinski definition) is 7. The van der Waals surface area contributed by atoms with Gasteiger partial charge in [-0.25, -0.2) is 9.50 Å². The van der Waals surface area contributed by atoms with Crippen LogP contribution < -0.4 is 10.6 Å². The number of hydrogen-bond donors (Lipinski definition) is 1. The van der Waals surface area contributed by atoms with E-state index in [1.54, 1.807) is 11.3 Å². The third-order valence-electron chi connectivity index (χ3n) is 6.86. The van der Waals surface area contributed by atoms with Gasteiger partial charge in [-0.3, -0.25) is 9.97 Å². The van der Waals surface area contributed by atoms with E-state index in [1.807, 2.05) is 34.7 Å². The van der Waals surface area contributed by atoms with Crippen molar-refractivity contribution in [2.45, 2.75) is 32.2 Å². The lowest BCUT2D eigenvalue weighted by atomic mass is 9.73. The monoisotopic (exact) mass is 453 g/mol. The number of aromatic nitrogens is 5. The highest BCUT2D eigenvalue weighted by Crippen LogP contribution is 2.50. The number of piperidine rings is 1. The molecule has 9 heteroatoms. The first-order valence-electron chi connectivity index (χ1n) is 10.3. The van der Waals surface area contributed by atoms with Crippen LogP contribution in [0.1, 0.15) is 35.8 Å². The van der Waals surface area contributed by atoms with Crippen molar-refractivity contribution in [1.82, 2.24) is 24.6 Å². The van der Waals surface area contributed by atoms with Crippen molar-refractivity contribution in [2.75, 3.05) is 18.0 Å². The van der Waals surface area contributed by atoms with E-state index in [9.17, 15) is 0 Å². The summed E-state index contributed by atoms with van der Waals surface area (Å²) in [7, 11) is 0. The molecule has 4 aromatic rings. The van der Waals surface area contributed by atoms with Crippen molar-refractivity contribution in [3.63, 3.8) is 0 Å². The molecule has 160 valence electrons. The Bertz CT molecular complexity index is 1230. The van der Waals surface area contributed by atoms with Gasteiger partial charge in [0.25, 0.3) is 0 Å². The molecule has 0 radical (unpaired) electrons. The van der Waals surface area contributed by atoms with Crippen LogP contribution in [0.3, 0.4) is 0 Å². The third-order valence-corrected chi connectivity index (χ3v) is 7.64. The lowest BCUT2D eigenvalue weighted by molar-refractivity contribution is 0.187.